The highest BCUT2D eigenvalue weighted by atomic mass is 79.9. The standard InChI is InChI=1S/C17H19BrFNO/c1-12(14-7-8-16(19)15(18)11-14)20-17-6-4-3-5-13(17)9-10-21-2/h3-8,11-12,20H,9-10H2,1-2H3. The van der Waals surface area contributed by atoms with Gasteiger partial charge in [-0.25, -0.2) is 4.39 Å². The molecule has 2 rings (SSSR count). The van der Waals surface area contributed by atoms with Crippen LogP contribution in [0.3, 0.4) is 0 Å². The van der Waals surface area contributed by atoms with Crippen LogP contribution in [0.5, 0.6) is 0 Å². The molecule has 2 aromatic rings. The summed E-state index contributed by atoms with van der Waals surface area (Å²) >= 11 is 3.23. The topological polar surface area (TPSA) is 21.3 Å². The minimum absolute atomic E-state index is 0.0885. The molecule has 4 heteroatoms. The van der Waals surface area contributed by atoms with Crippen molar-refractivity contribution in [3.63, 3.8) is 0 Å². The summed E-state index contributed by atoms with van der Waals surface area (Å²) in [5.41, 5.74) is 3.33. The van der Waals surface area contributed by atoms with Gasteiger partial charge in [0.15, 0.2) is 0 Å². The van der Waals surface area contributed by atoms with E-state index in [1.165, 1.54) is 11.6 Å². The summed E-state index contributed by atoms with van der Waals surface area (Å²) in [5, 5.41) is 3.48. The minimum Gasteiger partial charge on any atom is -0.384 e. The predicted octanol–water partition coefficient (Wildman–Crippen LogP) is 4.95. The molecule has 0 radical (unpaired) electrons. The maximum atomic E-state index is 13.3. The molecule has 0 aliphatic rings. The van der Waals surface area contributed by atoms with Crippen molar-refractivity contribution in [3.05, 3.63) is 63.9 Å². The fraction of sp³-hybridized carbons (Fsp3) is 0.294. The van der Waals surface area contributed by atoms with Gasteiger partial charge in [0.1, 0.15) is 5.82 Å². The first-order chi connectivity index (χ1) is 10.1. The average molecular weight is 352 g/mol. The molecule has 0 aliphatic heterocycles. The molecule has 0 spiro atoms. The number of hydrogen-bond donors (Lipinski definition) is 1. The lowest BCUT2D eigenvalue weighted by molar-refractivity contribution is 0.202. The summed E-state index contributed by atoms with van der Waals surface area (Å²) in [5.74, 6) is -0.244. The van der Waals surface area contributed by atoms with Crippen LogP contribution < -0.4 is 5.32 Å². The van der Waals surface area contributed by atoms with Gasteiger partial charge in [-0.2, -0.15) is 0 Å². The number of benzene rings is 2. The van der Waals surface area contributed by atoms with Crippen molar-refractivity contribution in [1.82, 2.24) is 0 Å². The van der Waals surface area contributed by atoms with Crippen molar-refractivity contribution in [2.45, 2.75) is 19.4 Å². The molecule has 0 bridgehead atoms. The molecule has 1 unspecified atom stereocenters. The first-order valence-corrected chi connectivity index (χ1v) is 7.69. The highest BCUT2D eigenvalue weighted by molar-refractivity contribution is 9.10. The van der Waals surface area contributed by atoms with Gasteiger partial charge >= 0.3 is 0 Å². The second-order valence-electron chi connectivity index (χ2n) is 4.94. The van der Waals surface area contributed by atoms with Gasteiger partial charge in [0.2, 0.25) is 0 Å². The van der Waals surface area contributed by atoms with Gasteiger partial charge in [-0.05, 0) is 58.6 Å². The molecule has 21 heavy (non-hydrogen) atoms. The molecule has 0 amide bonds. The molecule has 112 valence electrons. The van der Waals surface area contributed by atoms with Gasteiger partial charge < -0.3 is 10.1 Å². The second kappa shape index (κ2) is 7.57. The molecule has 2 aromatic carbocycles. The molecule has 2 nitrogen and oxygen atoms in total. The molecule has 0 aliphatic carbocycles. The second-order valence-corrected chi connectivity index (χ2v) is 5.79. The van der Waals surface area contributed by atoms with Crippen LogP contribution in [0.15, 0.2) is 46.9 Å². The van der Waals surface area contributed by atoms with Crippen molar-refractivity contribution >= 4 is 21.6 Å². The van der Waals surface area contributed by atoms with Gasteiger partial charge in [0.25, 0.3) is 0 Å². The number of nitrogens with one attached hydrogen (secondary N) is 1. The van der Waals surface area contributed by atoms with Crippen molar-refractivity contribution in [1.29, 1.82) is 0 Å². The number of para-hydroxylation sites is 1. The van der Waals surface area contributed by atoms with Gasteiger partial charge in [0.05, 0.1) is 11.1 Å². The van der Waals surface area contributed by atoms with E-state index in [0.29, 0.717) is 11.1 Å². The summed E-state index contributed by atoms with van der Waals surface area (Å²) < 4.78 is 18.9. The summed E-state index contributed by atoms with van der Waals surface area (Å²) in [6.07, 6.45) is 0.861. The van der Waals surface area contributed by atoms with E-state index in [1.54, 1.807) is 13.2 Å². The highest BCUT2D eigenvalue weighted by Crippen LogP contribution is 2.26. The largest absolute Gasteiger partial charge is 0.384 e. The third-order valence-electron chi connectivity index (χ3n) is 3.41. The lowest BCUT2D eigenvalue weighted by Crippen LogP contribution is -2.09. The molecule has 0 aromatic heterocycles. The van der Waals surface area contributed by atoms with Gasteiger partial charge in [-0.15, -0.1) is 0 Å². The Labute approximate surface area is 133 Å². The summed E-state index contributed by atoms with van der Waals surface area (Å²) in [7, 11) is 1.70. The van der Waals surface area contributed by atoms with E-state index in [1.807, 2.05) is 18.2 Å². The van der Waals surface area contributed by atoms with Gasteiger partial charge in [-0.3, -0.25) is 0 Å². The number of ether oxygens (including phenoxy) is 1. The van der Waals surface area contributed by atoms with E-state index in [4.69, 9.17) is 4.74 Å². The monoisotopic (exact) mass is 351 g/mol. The number of halogens is 2. The summed E-state index contributed by atoms with van der Waals surface area (Å²) in [6.45, 7) is 2.75. The fourth-order valence-corrected chi connectivity index (χ4v) is 2.59. The number of rotatable bonds is 6. The Balaban J connectivity index is 2.15. The number of methoxy groups -OCH3 is 1. The maximum absolute atomic E-state index is 13.3. The highest BCUT2D eigenvalue weighted by Gasteiger charge is 2.10. The normalized spacial score (nSPS) is 12.2. The number of hydrogen-bond acceptors (Lipinski definition) is 2. The van der Waals surface area contributed by atoms with Crippen molar-refractivity contribution < 1.29 is 9.13 Å². The van der Waals surface area contributed by atoms with Crippen molar-refractivity contribution in [2.24, 2.45) is 0 Å². The molecular formula is C17H19BrFNO. The summed E-state index contributed by atoms with van der Waals surface area (Å²) in [6, 6.07) is 13.4. The van der Waals surface area contributed by atoms with Crippen LogP contribution in [-0.2, 0) is 11.2 Å². The Morgan fingerprint density at radius 2 is 2.00 bits per heavy atom. The lowest BCUT2D eigenvalue weighted by Gasteiger charge is -2.19. The minimum atomic E-state index is -0.244. The molecular weight excluding hydrogens is 333 g/mol. The molecule has 0 heterocycles. The van der Waals surface area contributed by atoms with Gasteiger partial charge in [-0.1, -0.05) is 24.3 Å². The van der Waals surface area contributed by atoms with E-state index in [-0.39, 0.29) is 11.9 Å². The third-order valence-corrected chi connectivity index (χ3v) is 4.02. The quantitative estimate of drug-likeness (QED) is 0.794. The molecule has 1 N–H and O–H groups in total. The zero-order valence-electron chi connectivity index (χ0n) is 12.2. The van der Waals surface area contributed by atoms with Crippen molar-refractivity contribution in [2.75, 3.05) is 19.0 Å². The van der Waals surface area contributed by atoms with Crippen LogP contribution in [0.4, 0.5) is 10.1 Å². The number of anilines is 1. The molecule has 1 atom stereocenters. The fourth-order valence-electron chi connectivity index (χ4n) is 2.19. The Hall–Kier alpha value is -1.39. The molecule has 0 saturated carbocycles. The third kappa shape index (κ3) is 4.29. The summed E-state index contributed by atoms with van der Waals surface area (Å²) in [4.78, 5) is 0. The van der Waals surface area contributed by atoms with Crippen LogP contribution in [0.2, 0.25) is 0 Å². The van der Waals surface area contributed by atoms with Crippen LogP contribution in [0, 0.1) is 5.82 Å². The SMILES string of the molecule is COCCc1ccccc1NC(C)c1ccc(F)c(Br)c1. The van der Waals surface area contributed by atoms with Crippen molar-refractivity contribution in [3.8, 4) is 0 Å². The van der Waals surface area contributed by atoms with E-state index in [2.05, 4.69) is 40.3 Å². The Morgan fingerprint density at radius 3 is 2.71 bits per heavy atom. The zero-order valence-corrected chi connectivity index (χ0v) is 13.8. The Bertz CT molecular complexity index is 603. The van der Waals surface area contributed by atoms with E-state index >= 15 is 0 Å². The van der Waals surface area contributed by atoms with Crippen LogP contribution in [0.25, 0.3) is 0 Å². The Morgan fingerprint density at radius 1 is 1.24 bits per heavy atom. The predicted molar refractivity (Wildman–Crippen MR) is 88.2 cm³/mol. The van der Waals surface area contributed by atoms with E-state index in [0.717, 1.165) is 17.7 Å². The van der Waals surface area contributed by atoms with E-state index < -0.39 is 0 Å². The van der Waals surface area contributed by atoms with Crippen LogP contribution in [-0.4, -0.2) is 13.7 Å². The molecule has 0 fully saturated rings. The average Bonchev–Trinajstić information content (AvgIpc) is 2.49. The van der Waals surface area contributed by atoms with Crippen LogP contribution >= 0.6 is 15.9 Å². The first kappa shape index (κ1) is 16.0. The van der Waals surface area contributed by atoms with E-state index in [9.17, 15) is 4.39 Å². The molecule has 0 saturated heterocycles. The smallest absolute Gasteiger partial charge is 0.137 e. The van der Waals surface area contributed by atoms with Crippen LogP contribution in [0.1, 0.15) is 24.1 Å². The lowest BCUT2D eigenvalue weighted by atomic mass is 10.1. The Kier molecular flexibility index (Phi) is 5.76. The maximum Gasteiger partial charge on any atom is 0.137 e. The zero-order chi connectivity index (χ0) is 15.2. The first-order valence-electron chi connectivity index (χ1n) is 6.90. The van der Waals surface area contributed by atoms with Gasteiger partial charge in [0, 0.05) is 18.8 Å².